The second-order valence-corrected chi connectivity index (χ2v) is 17.2. The molecule has 0 amide bonds. The zero-order valence-corrected chi connectivity index (χ0v) is 37.4. The fourth-order valence-corrected chi connectivity index (χ4v) is 7.33. The van der Waals surface area contributed by atoms with E-state index in [1.54, 1.807) is 0 Å². The monoisotopic (exact) mass is 779 g/mol. The van der Waals surface area contributed by atoms with Gasteiger partial charge in [0.15, 0.2) is 6.10 Å². The van der Waals surface area contributed by atoms with Crippen molar-refractivity contribution in [1.29, 1.82) is 0 Å². The van der Waals surface area contributed by atoms with E-state index in [4.69, 9.17) is 14.2 Å². The van der Waals surface area contributed by atoms with E-state index in [-0.39, 0.29) is 31.1 Å². The standard InChI is InChI=1S/C49H94O6/c1-5-7-9-11-13-24-30-34-38-42-49(52)55-46(43-53-47(50)40-36-32-27-12-10-8-6-2)44-54-48(51)41-37-33-29-26-23-21-19-17-15-14-16-18-20-22-25-28-31-35-39-45(3)4/h45-46H,5-44H2,1-4H3/t46-/m1/s1. The lowest BCUT2D eigenvalue weighted by molar-refractivity contribution is -0.167. The van der Waals surface area contributed by atoms with Crippen molar-refractivity contribution in [3.63, 3.8) is 0 Å². The summed E-state index contributed by atoms with van der Waals surface area (Å²) in [5.41, 5.74) is 0. The van der Waals surface area contributed by atoms with Crippen LogP contribution in [-0.2, 0) is 28.6 Å². The summed E-state index contributed by atoms with van der Waals surface area (Å²) in [4.78, 5) is 37.6. The van der Waals surface area contributed by atoms with Gasteiger partial charge < -0.3 is 14.2 Å². The van der Waals surface area contributed by atoms with Crippen molar-refractivity contribution in [3.8, 4) is 0 Å². The van der Waals surface area contributed by atoms with Crippen molar-refractivity contribution in [2.24, 2.45) is 5.92 Å². The van der Waals surface area contributed by atoms with E-state index < -0.39 is 6.10 Å². The molecular weight excluding hydrogens is 685 g/mol. The summed E-state index contributed by atoms with van der Waals surface area (Å²) in [6.45, 7) is 8.97. The third-order valence-electron chi connectivity index (χ3n) is 11.0. The molecule has 0 saturated heterocycles. The number of ether oxygens (including phenoxy) is 3. The van der Waals surface area contributed by atoms with Crippen molar-refractivity contribution >= 4 is 17.9 Å². The van der Waals surface area contributed by atoms with Gasteiger partial charge in [0.05, 0.1) is 0 Å². The minimum absolute atomic E-state index is 0.0638. The highest BCUT2D eigenvalue weighted by Gasteiger charge is 2.19. The minimum Gasteiger partial charge on any atom is -0.462 e. The molecule has 0 unspecified atom stereocenters. The molecule has 0 rings (SSSR count). The molecule has 0 N–H and O–H groups in total. The number of unbranched alkanes of at least 4 members (excludes halogenated alkanes) is 31. The zero-order valence-electron chi connectivity index (χ0n) is 37.4. The molecule has 0 aliphatic rings. The van der Waals surface area contributed by atoms with Crippen LogP contribution in [0.1, 0.15) is 272 Å². The fraction of sp³-hybridized carbons (Fsp3) is 0.939. The Morgan fingerprint density at radius 1 is 0.345 bits per heavy atom. The first-order chi connectivity index (χ1) is 26.9. The second-order valence-electron chi connectivity index (χ2n) is 17.2. The van der Waals surface area contributed by atoms with Gasteiger partial charge in [-0.1, -0.05) is 233 Å². The lowest BCUT2D eigenvalue weighted by atomic mass is 10.0. The molecule has 6 nitrogen and oxygen atoms in total. The molecule has 0 bridgehead atoms. The molecule has 0 aliphatic carbocycles. The van der Waals surface area contributed by atoms with Gasteiger partial charge in [-0.3, -0.25) is 14.4 Å². The van der Waals surface area contributed by atoms with E-state index in [1.807, 2.05) is 0 Å². The first-order valence-corrected chi connectivity index (χ1v) is 24.4. The molecule has 0 heterocycles. The molecule has 0 fully saturated rings. The predicted molar refractivity (Wildman–Crippen MR) is 233 cm³/mol. The topological polar surface area (TPSA) is 78.9 Å². The van der Waals surface area contributed by atoms with Crippen LogP contribution in [-0.4, -0.2) is 37.2 Å². The van der Waals surface area contributed by atoms with E-state index in [9.17, 15) is 14.4 Å². The maximum atomic E-state index is 12.6. The zero-order chi connectivity index (χ0) is 40.3. The highest BCUT2D eigenvalue weighted by Crippen LogP contribution is 2.17. The van der Waals surface area contributed by atoms with Gasteiger partial charge in [-0.25, -0.2) is 0 Å². The Labute approximate surface area is 342 Å². The van der Waals surface area contributed by atoms with Gasteiger partial charge in [0.1, 0.15) is 13.2 Å². The lowest BCUT2D eigenvalue weighted by Gasteiger charge is -2.18. The summed E-state index contributed by atoms with van der Waals surface area (Å²) in [6.07, 6.45) is 44.0. The predicted octanol–water partition coefficient (Wildman–Crippen LogP) is 15.5. The van der Waals surface area contributed by atoms with Crippen molar-refractivity contribution in [2.45, 2.75) is 278 Å². The van der Waals surface area contributed by atoms with Gasteiger partial charge in [0.25, 0.3) is 0 Å². The highest BCUT2D eigenvalue weighted by atomic mass is 16.6. The third kappa shape index (κ3) is 43.4. The Hall–Kier alpha value is -1.59. The van der Waals surface area contributed by atoms with E-state index in [0.717, 1.165) is 63.7 Å². The number of hydrogen-bond acceptors (Lipinski definition) is 6. The summed E-state index contributed by atoms with van der Waals surface area (Å²) >= 11 is 0. The van der Waals surface area contributed by atoms with E-state index >= 15 is 0 Å². The molecule has 0 aliphatic heterocycles. The summed E-state index contributed by atoms with van der Waals surface area (Å²) in [6, 6.07) is 0. The minimum atomic E-state index is -0.757. The Morgan fingerprint density at radius 3 is 0.891 bits per heavy atom. The van der Waals surface area contributed by atoms with Gasteiger partial charge in [-0.15, -0.1) is 0 Å². The number of esters is 3. The average molecular weight is 779 g/mol. The molecule has 0 aromatic heterocycles. The van der Waals surface area contributed by atoms with Crippen molar-refractivity contribution in [1.82, 2.24) is 0 Å². The molecule has 1 atom stereocenters. The molecule has 326 valence electrons. The third-order valence-corrected chi connectivity index (χ3v) is 11.0. The van der Waals surface area contributed by atoms with Crippen LogP contribution in [0.3, 0.4) is 0 Å². The van der Waals surface area contributed by atoms with Gasteiger partial charge in [0.2, 0.25) is 0 Å². The molecule has 0 radical (unpaired) electrons. The highest BCUT2D eigenvalue weighted by molar-refractivity contribution is 5.71. The maximum absolute atomic E-state index is 12.6. The largest absolute Gasteiger partial charge is 0.462 e. The molecular formula is C49H94O6. The summed E-state index contributed by atoms with van der Waals surface area (Å²) < 4.78 is 16.7. The van der Waals surface area contributed by atoms with Crippen LogP contribution in [0.2, 0.25) is 0 Å². The Morgan fingerprint density at radius 2 is 0.600 bits per heavy atom. The van der Waals surface area contributed by atoms with Crippen LogP contribution in [0, 0.1) is 5.92 Å². The SMILES string of the molecule is CCCCCCCCCCCC(=O)O[C@H](COC(=O)CCCCCCCCC)COC(=O)CCCCCCCCCCCCCCCCCCCCC(C)C. The molecule has 0 aromatic rings. The average Bonchev–Trinajstić information content (AvgIpc) is 3.17. The van der Waals surface area contributed by atoms with Gasteiger partial charge in [-0.05, 0) is 25.2 Å². The quantitative estimate of drug-likeness (QED) is 0.0348. The molecule has 0 saturated carbocycles. The van der Waals surface area contributed by atoms with Gasteiger partial charge >= 0.3 is 17.9 Å². The fourth-order valence-electron chi connectivity index (χ4n) is 7.33. The summed E-state index contributed by atoms with van der Waals surface area (Å²) in [5, 5.41) is 0. The first-order valence-electron chi connectivity index (χ1n) is 24.4. The van der Waals surface area contributed by atoms with Crippen LogP contribution < -0.4 is 0 Å². The Bertz CT molecular complexity index is 826. The maximum Gasteiger partial charge on any atom is 0.306 e. The number of carbonyl (C=O) groups is 3. The molecule has 55 heavy (non-hydrogen) atoms. The number of hydrogen-bond donors (Lipinski definition) is 0. The van der Waals surface area contributed by atoms with Crippen LogP contribution in [0.4, 0.5) is 0 Å². The smallest absolute Gasteiger partial charge is 0.306 e. The van der Waals surface area contributed by atoms with Crippen molar-refractivity contribution in [2.75, 3.05) is 13.2 Å². The lowest BCUT2D eigenvalue weighted by Crippen LogP contribution is -2.30. The first kappa shape index (κ1) is 53.4. The van der Waals surface area contributed by atoms with Gasteiger partial charge in [0, 0.05) is 19.3 Å². The van der Waals surface area contributed by atoms with Crippen molar-refractivity contribution in [3.05, 3.63) is 0 Å². The Balaban J connectivity index is 4.08. The van der Waals surface area contributed by atoms with Crippen molar-refractivity contribution < 1.29 is 28.6 Å². The van der Waals surface area contributed by atoms with Crippen LogP contribution in [0.15, 0.2) is 0 Å². The normalized spacial score (nSPS) is 11.9. The number of carbonyl (C=O) groups excluding carboxylic acids is 3. The second kappa shape index (κ2) is 43.5. The number of rotatable bonds is 44. The Kier molecular flexibility index (Phi) is 42.3. The van der Waals surface area contributed by atoms with Crippen LogP contribution in [0.5, 0.6) is 0 Å². The van der Waals surface area contributed by atoms with E-state index in [0.29, 0.717) is 19.3 Å². The molecule has 0 aromatic carbocycles. The summed E-state index contributed by atoms with van der Waals surface area (Å²) in [7, 11) is 0. The molecule has 6 heteroatoms. The molecule has 0 spiro atoms. The van der Waals surface area contributed by atoms with Crippen LogP contribution in [0.25, 0.3) is 0 Å². The van der Waals surface area contributed by atoms with E-state index in [1.165, 1.54) is 167 Å². The van der Waals surface area contributed by atoms with E-state index in [2.05, 4.69) is 27.7 Å². The van der Waals surface area contributed by atoms with Crippen LogP contribution >= 0.6 is 0 Å². The van der Waals surface area contributed by atoms with Gasteiger partial charge in [-0.2, -0.15) is 0 Å². The summed E-state index contributed by atoms with van der Waals surface area (Å²) in [5.74, 6) is -0.000367.